The zero-order valence-corrected chi connectivity index (χ0v) is 13.5. The first kappa shape index (κ1) is 19.8. The number of methoxy groups -OCH3 is 1. The molecule has 0 radical (unpaired) electrons. The molecule has 0 aromatic carbocycles. The van der Waals surface area contributed by atoms with Crippen molar-refractivity contribution in [3.05, 3.63) is 0 Å². The number of hydrogen-bond donors (Lipinski definition) is 1. The highest BCUT2D eigenvalue weighted by Crippen LogP contribution is 1.90. The molecule has 1 unspecified atom stereocenters. The third kappa shape index (κ3) is 15.9. The van der Waals surface area contributed by atoms with Gasteiger partial charge < -0.3 is 24.3 Å². The minimum absolute atomic E-state index is 0.468. The van der Waals surface area contributed by atoms with E-state index in [4.69, 9.17) is 18.9 Å². The molecule has 0 heterocycles. The number of rotatable bonds is 16. The summed E-state index contributed by atoms with van der Waals surface area (Å²) in [4.78, 5) is 0. The molecule has 0 aliphatic heterocycles. The van der Waals surface area contributed by atoms with Gasteiger partial charge in [0, 0.05) is 32.9 Å². The molecule has 0 aromatic heterocycles. The summed E-state index contributed by atoms with van der Waals surface area (Å²) in [7, 11) is 1.73. The van der Waals surface area contributed by atoms with Gasteiger partial charge in [-0.2, -0.15) is 0 Å². The highest BCUT2D eigenvalue weighted by atomic mass is 16.5. The molecule has 1 atom stereocenters. The lowest BCUT2D eigenvalue weighted by Crippen LogP contribution is -2.30. The summed E-state index contributed by atoms with van der Waals surface area (Å²) in [6, 6.07) is 0.468. The first-order valence-corrected chi connectivity index (χ1v) is 7.76. The van der Waals surface area contributed by atoms with Crippen molar-refractivity contribution in [1.82, 2.24) is 5.32 Å². The molecule has 1 N–H and O–H groups in total. The zero-order valence-electron chi connectivity index (χ0n) is 13.5. The van der Waals surface area contributed by atoms with Crippen LogP contribution in [0.15, 0.2) is 0 Å². The summed E-state index contributed by atoms with van der Waals surface area (Å²) >= 11 is 0. The molecule has 0 aliphatic rings. The molecule has 0 bridgehead atoms. The third-order valence-electron chi connectivity index (χ3n) is 2.88. The number of ether oxygens (including phenoxy) is 4. The molecule has 5 nitrogen and oxygen atoms in total. The van der Waals surface area contributed by atoms with Crippen molar-refractivity contribution in [1.29, 1.82) is 0 Å². The number of nitrogens with one attached hydrogen (secondary N) is 1. The van der Waals surface area contributed by atoms with Crippen LogP contribution in [0, 0.1) is 0 Å². The van der Waals surface area contributed by atoms with Gasteiger partial charge in [-0.25, -0.2) is 0 Å². The minimum Gasteiger partial charge on any atom is -0.385 e. The summed E-state index contributed by atoms with van der Waals surface area (Å²) in [5, 5.41) is 3.38. The van der Waals surface area contributed by atoms with Crippen molar-refractivity contribution in [3.8, 4) is 0 Å². The van der Waals surface area contributed by atoms with Crippen LogP contribution in [0.5, 0.6) is 0 Å². The second kappa shape index (κ2) is 16.9. The standard InChI is InChI=1S/C15H33NO4/c1-4-5-8-18-11-13-20-14-12-19-10-7-16-15(2)6-9-17-3/h15-16H,4-14H2,1-3H3. The summed E-state index contributed by atoms with van der Waals surface area (Å²) < 4.78 is 21.3. The van der Waals surface area contributed by atoms with E-state index in [-0.39, 0.29) is 0 Å². The van der Waals surface area contributed by atoms with Crippen molar-refractivity contribution in [3.63, 3.8) is 0 Å². The van der Waals surface area contributed by atoms with Crippen LogP contribution < -0.4 is 5.32 Å². The second-order valence-corrected chi connectivity index (χ2v) is 4.83. The van der Waals surface area contributed by atoms with Crippen LogP contribution in [0.4, 0.5) is 0 Å². The Morgan fingerprint density at radius 1 is 0.850 bits per heavy atom. The largest absolute Gasteiger partial charge is 0.385 e. The highest BCUT2D eigenvalue weighted by molar-refractivity contribution is 4.59. The van der Waals surface area contributed by atoms with Gasteiger partial charge >= 0.3 is 0 Å². The molecule has 0 fully saturated rings. The van der Waals surface area contributed by atoms with Crippen LogP contribution in [0.3, 0.4) is 0 Å². The van der Waals surface area contributed by atoms with E-state index in [2.05, 4.69) is 19.2 Å². The average molecular weight is 291 g/mol. The van der Waals surface area contributed by atoms with Gasteiger partial charge in [-0.3, -0.25) is 0 Å². The fourth-order valence-corrected chi connectivity index (χ4v) is 1.56. The predicted octanol–water partition coefficient (Wildman–Crippen LogP) is 1.85. The maximum atomic E-state index is 5.47. The maximum absolute atomic E-state index is 5.47. The molecule has 0 aliphatic carbocycles. The molecule has 0 rings (SSSR count). The van der Waals surface area contributed by atoms with Gasteiger partial charge in [-0.1, -0.05) is 13.3 Å². The Morgan fingerprint density at radius 2 is 1.45 bits per heavy atom. The van der Waals surface area contributed by atoms with Crippen LogP contribution in [0.25, 0.3) is 0 Å². The summed E-state index contributed by atoms with van der Waals surface area (Å²) in [6.45, 7) is 10.1. The second-order valence-electron chi connectivity index (χ2n) is 4.83. The first-order chi connectivity index (χ1) is 9.81. The van der Waals surface area contributed by atoms with Crippen molar-refractivity contribution in [2.75, 3.05) is 59.9 Å². The van der Waals surface area contributed by atoms with Gasteiger partial charge in [0.25, 0.3) is 0 Å². The summed E-state index contributed by atoms with van der Waals surface area (Å²) in [5.74, 6) is 0. The Bertz CT molecular complexity index is 181. The van der Waals surface area contributed by atoms with Gasteiger partial charge in [0.15, 0.2) is 0 Å². The normalized spacial score (nSPS) is 12.8. The number of hydrogen-bond acceptors (Lipinski definition) is 5. The number of unbranched alkanes of at least 4 members (excludes halogenated alkanes) is 1. The van der Waals surface area contributed by atoms with E-state index < -0.39 is 0 Å². The molecule has 0 amide bonds. The Kier molecular flexibility index (Phi) is 16.7. The minimum atomic E-state index is 0.468. The van der Waals surface area contributed by atoms with E-state index >= 15 is 0 Å². The highest BCUT2D eigenvalue weighted by Gasteiger charge is 1.99. The first-order valence-electron chi connectivity index (χ1n) is 7.76. The maximum Gasteiger partial charge on any atom is 0.0701 e. The smallest absolute Gasteiger partial charge is 0.0701 e. The van der Waals surface area contributed by atoms with Crippen LogP contribution >= 0.6 is 0 Å². The van der Waals surface area contributed by atoms with Crippen LogP contribution in [-0.2, 0) is 18.9 Å². The van der Waals surface area contributed by atoms with E-state index in [9.17, 15) is 0 Å². The molecule has 0 aromatic rings. The lowest BCUT2D eigenvalue weighted by Gasteiger charge is -2.13. The molecule has 0 saturated carbocycles. The molecule has 5 heteroatoms. The predicted molar refractivity (Wildman–Crippen MR) is 81.3 cm³/mol. The van der Waals surface area contributed by atoms with Crippen molar-refractivity contribution >= 4 is 0 Å². The van der Waals surface area contributed by atoms with Gasteiger partial charge in [0.05, 0.1) is 33.0 Å². The Balaban J connectivity index is 3.02. The molecule has 122 valence electrons. The fraction of sp³-hybridized carbons (Fsp3) is 1.00. The third-order valence-corrected chi connectivity index (χ3v) is 2.88. The lowest BCUT2D eigenvalue weighted by atomic mass is 10.2. The molecular formula is C15H33NO4. The van der Waals surface area contributed by atoms with Crippen molar-refractivity contribution in [2.45, 2.75) is 39.2 Å². The molecular weight excluding hydrogens is 258 g/mol. The average Bonchev–Trinajstić information content (AvgIpc) is 2.46. The monoisotopic (exact) mass is 291 g/mol. The molecule has 0 saturated heterocycles. The van der Waals surface area contributed by atoms with Crippen LogP contribution in [0.2, 0.25) is 0 Å². The van der Waals surface area contributed by atoms with E-state index in [1.165, 1.54) is 6.42 Å². The summed E-state index contributed by atoms with van der Waals surface area (Å²) in [6.07, 6.45) is 3.32. The van der Waals surface area contributed by atoms with E-state index in [0.717, 1.165) is 32.6 Å². The van der Waals surface area contributed by atoms with Gasteiger partial charge in [0.2, 0.25) is 0 Å². The van der Waals surface area contributed by atoms with Crippen molar-refractivity contribution < 1.29 is 18.9 Å². The topological polar surface area (TPSA) is 49.0 Å². The Hall–Kier alpha value is -0.200. The van der Waals surface area contributed by atoms with Gasteiger partial charge in [0.1, 0.15) is 0 Å². The Labute approximate surface area is 124 Å². The van der Waals surface area contributed by atoms with E-state index in [1.807, 2.05) is 0 Å². The SMILES string of the molecule is CCCCOCCOCCOCCNC(C)CCOC. The van der Waals surface area contributed by atoms with Gasteiger partial charge in [-0.15, -0.1) is 0 Å². The van der Waals surface area contributed by atoms with Gasteiger partial charge in [-0.05, 0) is 19.8 Å². The van der Waals surface area contributed by atoms with E-state index in [0.29, 0.717) is 39.1 Å². The van der Waals surface area contributed by atoms with Crippen molar-refractivity contribution in [2.24, 2.45) is 0 Å². The van der Waals surface area contributed by atoms with Crippen LogP contribution in [0.1, 0.15) is 33.1 Å². The lowest BCUT2D eigenvalue weighted by molar-refractivity contribution is 0.0143. The summed E-state index contributed by atoms with van der Waals surface area (Å²) in [5.41, 5.74) is 0. The van der Waals surface area contributed by atoms with E-state index in [1.54, 1.807) is 7.11 Å². The zero-order chi connectivity index (χ0) is 14.9. The fourth-order valence-electron chi connectivity index (χ4n) is 1.56. The molecule has 20 heavy (non-hydrogen) atoms. The van der Waals surface area contributed by atoms with Crippen LogP contribution in [-0.4, -0.2) is 65.9 Å². The quantitative estimate of drug-likeness (QED) is 0.440. The molecule has 0 spiro atoms. The Morgan fingerprint density at radius 3 is 2.05 bits per heavy atom.